The van der Waals surface area contributed by atoms with Crippen LogP contribution in [0.2, 0.25) is 0 Å². The summed E-state index contributed by atoms with van der Waals surface area (Å²) in [6.07, 6.45) is 0.314. The third-order valence-corrected chi connectivity index (χ3v) is 6.34. The molecule has 0 aliphatic carbocycles. The molecular formula is C27H34N2O5. The second-order valence-electron chi connectivity index (χ2n) is 10.1. The molecule has 1 unspecified atom stereocenters. The Bertz CT molecular complexity index is 992. The number of rotatable bonds is 4. The van der Waals surface area contributed by atoms with Gasteiger partial charge in [0.15, 0.2) is 6.10 Å². The molecule has 2 aliphatic heterocycles. The lowest BCUT2D eigenvalue weighted by molar-refractivity contribution is -0.195. The summed E-state index contributed by atoms with van der Waals surface area (Å²) in [5.41, 5.74) is 0.831. The SMILES string of the molecule is COc1ccc(CN2CC3(CCN(C(=O)OC(C)(C)C)CC3)OC(c3ccccc3)C2=O)cc1. The van der Waals surface area contributed by atoms with Gasteiger partial charge in [0.1, 0.15) is 11.4 Å². The predicted molar refractivity (Wildman–Crippen MR) is 128 cm³/mol. The highest BCUT2D eigenvalue weighted by Gasteiger charge is 2.48. The minimum atomic E-state index is -0.665. The molecule has 7 heteroatoms. The molecule has 2 aromatic carbocycles. The fourth-order valence-corrected chi connectivity index (χ4v) is 4.55. The Labute approximate surface area is 201 Å². The number of methoxy groups -OCH3 is 1. The number of likely N-dealkylation sites (tertiary alicyclic amines) is 1. The quantitative estimate of drug-likeness (QED) is 0.661. The van der Waals surface area contributed by atoms with Crippen LogP contribution in [0.5, 0.6) is 5.75 Å². The van der Waals surface area contributed by atoms with Crippen molar-refractivity contribution < 1.29 is 23.8 Å². The lowest BCUT2D eigenvalue weighted by Gasteiger charge is -2.49. The normalized spacial score (nSPS) is 20.4. The maximum absolute atomic E-state index is 13.5. The fourth-order valence-electron chi connectivity index (χ4n) is 4.55. The molecule has 4 rings (SSSR count). The number of ether oxygens (including phenoxy) is 3. The van der Waals surface area contributed by atoms with Gasteiger partial charge in [0.05, 0.1) is 19.3 Å². The van der Waals surface area contributed by atoms with Crippen molar-refractivity contribution in [3.63, 3.8) is 0 Å². The highest BCUT2D eigenvalue weighted by molar-refractivity contribution is 5.83. The summed E-state index contributed by atoms with van der Waals surface area (Å²) in [7, 11) is 1.64. The van der Waals surface area contributed by atoms with E-state index in [0.717, 1.165) is 16.9 Å². The number of carbonyl (C=O) groups is 2. The van der Waals surface area contributed by atoms with Crippen LogP contribution in [0.1, 0.15) is 50.8 Å². The molecule has 7 nitrogen and oxygen atoms in total. The average Bonchev–Trinajstić information content (AvgIpc) is 2.82. The van der Waals surface area contributed by atoms with Crippen LogP contribution in [0.4, 0.5) is 4.79 Å². The van der Waals surface area contributed by atoms with Gasteiger partial charge in [-0.2, -0.15) is 0 Å². The highest BCUT2D eigenvalue weighted by atomic mass is 16.6. The third-order valence-electron chi connectivity index (χ3n) is 6.34. The molecule has 0 aromatic heterocycles. The Balaban J connectivity index is 1.54. The lowest BCUT2D eigenvalue weighted by Crippen LogP contribution is -2.59. The van der Waals surface area contributed by atoms with Crippen LogP contribution < -0.4 is 4.74 Å². The topological polar surface area (TPSA) is 68.3 Å². The van der Waals surface area contributed by atoms with Crippen molar-refractivity contribution in [1.82, 2.24) is 9.80 Å². The monoisotopic (exact) mass is 466 g/mol. The zero-order chi connectivity index (χ0) is 24.3. The largest absolute Gasteiger partial charge is 0.497 e. The molecule has 34 heavy (non-hydrogen) atoms. The van der Waals surface area contributed by atoms with E-state index in [9.17, 15) is 9.59 Å². The van der Waals surface area contributed by atoms with Crippen LogP contribution in [-0.2, 0) is 20.8 Å². The molecule has 182 valence electrons. The first-order valence-electron chi connectivity index (χ1n) is 11.8. The molecule has 1 atom stereocenters. The molecule has 0 N–H and O–H groups in total. The van der Waals surface area contributed by atoms with Crippen LogP contribution in [0, 0.1) is 0 Å². The van der Waals surface area contributed by atoms with Gasteiger partial charge in [0.2, 0.25) is 0 Å². The summed E-state index contributed by atoms with van der Waals surface area (Å²) in [5, 5.41) is 0. The summed E-state index contributed by atoms with van der Waals surface area (Å²) in [5.74, 6) is 0.743. The number of benzene rings is 2. The van der Waals surface area contributed by atoms with E-state index < -0.39 is 17.3 Å². The molecule has 1 spiro atoms. The van der Waals surface area contributed by atoms with E-state index in [-0.39, 0.29) is 12.0 Å². The van der Waals surface area contributed by atoms with E-state index in [1.54, 1.807) is 12.0 Å². The third kappa shape index (κ3) is 5.53. The van der Waals surface area contributed by atoms with Crippen LogP contribution >= 0.6 is 0 Å². The molecule has 2 fully saturated rings. The Morgan fingerprint density at radius 1 is 1.06 bits per heavy atom. The fraction of sp³-hybridized carbons (Fsp3) is 0.481. The number of carbonyl (C=O) groups excluding carboxylic acids is 2. The summed E-state index contributed by atoms with van der Waals surface area (Å²) in [4.78, 5) is 29.7. The average molecular weight is 467 g/mol. The van der Waals surface area contributed by atoms with E-state index in [2.05, 4.69) is 0 Å². The van der Waals surface area contributed by atoms with Crippen LogP contribution in [0.15, 0.2) is 54.6 Å². The number of hydrogen-bond acceptors (Lipinski definition) is 5. The Kier molecular flexibility index (Phi) is 6.84. The number of nitrogens with zero attached hydrogens (tertiary/aromatic N) is 2. The molecule has 0 saturated carbocycles. The van der Waals surface area contributed by atoms with Crippen molar-refractivity contribution in [2.24, 2.45) is 0 Å². The maximum Gasteiger partial charge on any atom is 0.410 e. The predicted octanol–water partition coefficient (Wildman–Crippen LogP) is 4.57. The molecule has 2 amide bonds. The molecular weight excluding hydrogens is 432 g/mol. The number of piperidine rings is 1. The minimum Gasteiger partial charge on any atom is -0.497 e. The van der Waals surface area contributed by atoms with E-state index >= 15 is 0 Å². The van der Waals surface area contributed by atoms with Crippen LogP contribution in [0.25, 0.3) is 0 Å². The molecule has 2 aliphatic rings. The first-order valence-corrected chi connectivity index (χ1v) is 11.8. The molecule has 2 saturated heterocycles. The standard InChI is InChI=1S/C27H34N2O5/c1-26(2,3)34-25(31)28-16-14-27(15-17-28)19-29(18-20-10-12-22(32-4)13-11-20)24(30)23(33-27)21-8-6-5-7-9-21/h5-13,23H,14-19H2,1-4H3. The number of hydrogen-bond donors (Lipinski definition) is 0. The van der Waals surface area contributed by atoms with Gasteiger partial charge in [-0.15, -0.1) is 0 Å². The van der Waals surface area contributed by atoms with Crippen LogP contribution in [0.3, 0.4) is 0 Å². The molecule has 0 bridgehead atoms. The van der Waals surface area contributed by atoms with Gasteiger partial charge in [-0.25, -0.2) is 4.79 Å². The lowest BCUT2D eigenvalue weighted by atomic mass is 9.87. The molecule has 2 heterocycles. The van der Waals surface area contributed by atoms with Crippen molar-refractivity contribution in [2.75, 3.05) is 26.7 Å². The minimum absolute atomic E-state index is 0.0396. The van der Waals surface area contributed by atoms with Gasteiger partial charge in [-0.1, -0.05) is 42.5 Å². The van der Waals surface area contributed by atoms with Crippen molar-refractivity contribution >= 4 is 12.0 Å². The smallest absolute Gasteiger partial charge is 0.410 e. The van der Waals surface area contributed by atoms with Gasteiger partial charge < -0.3 is 24.0 Å². The Hall–Kier alpha value is -3.06. The van der Waals surface area contributed by atoms with Crippen molar-refractivity contribution in [3.05, 3.63) is 65.7 Å². The first kappa shape index (κ1) is 24.1. The maximum atomic E-state index is 13.5. The van der Waals surface area contributed by atoms with Gasteiger partial charge in [0.25, 0.3) is 5.91 Å². The van der Waals surface area contributed by atoms with Crippen molar-refractivity contribution in [2.45, 2.75) is 57.5 Å². The van der Waals surface area contributed by atoms with E-state index in [0.29, 0.717) is 39.0 Å². The van der Waals surface area contributed by atoms with Gasteiger partial charge in [0, 0.05) is 19.6 Å². The van der Waals surface area contributed by atoms with Gasteiger partial charge in [-0.3, -0.25) is 4.79 Å². The number of amides is 2. The Morgan fingerprint density at radius 3 is 2.29 bits per heavy atom. The zero-order valence-corrected chi connectivity index (χ0v) is 20.5. The second kappa shape index (κ2) is 9.66. The van der Waals surface area contributed by atoms with Crippen LogP contribution in [-0.4, -0.2) is 59.7 Å². The summed E-state index contributed by atoms with van der Waals surface area (Å²) in [6.45, 7) is 7.65. The van der Waals surface area contributed by atoms with E-state index in [1.165, 1.54) is 0 Å². The molecule has 0 radical (unpaired) electrons. The second-order valence-corrected chi connectivity index (χ2v) is 10.1. The van der Waals surface area contributed by atoms with Gasteiger partial charge in [-0.05, 0) is 56.9 Å². The number of morpholine rings is 1. The zero-order valence-electron chi connectivity index (χ0n) is 20.5. The first-order chi connectivity index (χ1) is 16.2. The van der Waals surface area contributed by atoms with Crippen molar-refractivity contribution in [1.29, 1.82) is 0 Å². The van der Waals surface area contributed by atoms with E-state index in [1.807, 2.05) is 80.3 Å². The summed E-state index contributed by atoms with van der Waals surface area (Å²) >= 11 is 0. The highest BCUT2D eigenvalue weighted by Crippen LogP contribution is 2.39. The summed E-state index contributed by atoms with van der Waals surface area (Å²) in [6, 6.07) is 17.4. The van der Waals surface area contributed by atoms with E-state index in [4.69, 9.17) is 14.2 Å². The Morgan fingerprint density at radius 2 is 1.71 bits per heavy atom. The summed E-state index contributed by atoms with van der Waals surface area (Å²) < 4.78 is 17.4. The van der Waals surface area contributed by atoms with Gasteiger partial charge >= 0.3 is 6.09 Å². The molecule has 2 aromatic rings. The van der Waals surface area contributed by atoms with Crippen molar-refractivity contribution in [3.8, 4) is 5.75 Å².